The lowest BCUT2D eigenvalue weighted by molar-refractivity contribution is 0.262. The Bertz CT molecular complexity index is 1260. The van der Waals surface area contributed by atoms with Crippen LogP contribution in [-0.4, -0.2) is 16.0 Å². The average Bonchev–Trinajstić information content (AvgIpc) is 2.78. The van der Waals surface area contributed by atoms with E-state index in [-0.39, 0.29) is 6.03 Å². The minimum Gasteiger partial charge on any atom is -0.340 e. The summed E-state index contributed by atoms with van der Waals surface area (Å²) in [5.74, 6) is 1.17. The Morgan fingerprint density at radius 2 is 1.39 bits per heavy atom. The zero-order chi connectivity index (χ0) is 23.2. The highest BCUT2D eigenvalue weighted by molar-refractivity contribution is 6.33. The van der Waals surface area contributed by atoms with E-state index in [0.717, 1.165) is 17.1 Å². The Morgan fingerprint density at radius 1 is 0.758 bits per heavy atom. The quantitative estimate of drug-likeness (QED) is 0.253. The van der Waals surface area contributed by atoms with E-state index < -0.39 is 0 Å². The fourth-order valence-corrected chi connectivity index (χ4v) is 3.27. The van der Waals surface area contributed by atoms with Crippen molar-refractivity contribution < 1.29 is 4.79 Å². The first-order valence-corrected chi connectivity index (χ1v) is 10.7. The molecule has 1 heterocycles. The molecule has 33 heavy (non-hydrogen) atoms. The summed E-state index contributed by atoms with van der Waals surface area (Å²) in [7, 11) is 0. The van der Waals surface area contributed by atoms with E-state index in [0.29, 0.717) is 28.2 Å². The average molecular weight is 459 g/mol. The number of amides is 2. The summed E-state index contributed by atoms with van der Waals surface area (Å²) >= 11 is 6.08. The number of para-hydroxylation sites is 1. The lowest BCUT2D eigenvalue weighted by atomic mass is 10.2. The van der Waals surface area contributed by atoms with Gasteiger partial charge in [-0.15, -0.1) is 0 Å². The van der Waals surface area contributed by atoms with Crippen molar-refractivity contribution in [3.8, 4) is 0 Å². The third-order valence-electron chi connectivity index (χ3n) is 4.70. The number of aryl methyl sites for hydroxylation is 2. The fourth-order valence-electron chi connectivity index (χ4n) is 3.09. The number of rotatable bonds is 6. The number of anilines is 6. The first-order valence-electron chi connectivity index (χ1n) is 10.3. The first kappa shape index (κ1) is 22.1. The smallest absolute Gasteiger partial charge is 0.323 e. The maximum atomic E-state index is 12.2. The van der Waals surface area contributed by atoms with E-state index in [1.54, 1.807) is 36.4 Å². The van der Waals surface area contributed by atoms with Gasteiger partial charge in [-0.05, 0) is 62.4 Å². The first-order chi connectivity index (χ1) is 15.9. The summed E-state index contributed by atoms with van der Waals surface area (Å²) < 4.78 is 0. The third kappa shape index (κ3) is 6.21. The minimum absolute atomic E-state index is 0.373. The highest BCUT2D eigenvalue weighted by Crippen LogP contribution is 2.23. The summed E-state index contributed by atoms with van der Waals surface area (Å²) in [4.78, 5) is 21.2. The van der Waals surface area contributed by atoms with E-state index in [4.69, 9.17) is 11.6 Å². The maximum absolute atomic E-state index is 12.2. The molecule has 0 aliphatic rings. The van der Waals surface area contributed by atoms with Crippen molar-refractivity contribution in [2.24, 2.45) is 0 Å². The minimum atomic E-state index is -0.373. The molecule has 0 aliphatic heterocycles. The molecule has 0 saturated carbocycles. The van der Waals surface area contributed by atoms with Gasteiger partial charge >= 0.3 is 6.03 Å². The maximum Gasteiger partial charge on any atom is 0.323 e. The Kier molecular flexibility index (Phi) is 6.71. The zero-order valence-corrected chi connectivity index (χ0v) is 18.9. The molecule has 4 aromatic rings. The van der Waals surface area contributed by atoms with Crippen LogP contribution in [0.1, 0.15) is 11.3 Å². The molecule has 2 amide bonds. The van der Waals surface area contributed by atoms with E-state index in [1.807, 2.05) is 56.3 Å². The van der Waals surface area contributed by atoms with Crippen LogP contribution in [-0.2, 0) is 0 Å². The topological polar surface area (TPSA) is 91.0 Å². The molecule has 0 spiro atoms. The molecule has 0 aliphatic carbocycles. The van der Waals surface area contributed by atoms with Gasteiger partial charge in [-0.2, -0.15) is 4.98 Å². The third-order valence-corrected chi connectivity index (χ3v) is 5.03. The van der Waals surface area contributed by atoms with Crippen LogP contribution in [0.4, 0.5) is 39.3 Å². The fraction of sp³-hybridized carbons (Fsp3) is 0.0800. The summed E-state index contributed by atoms with van der Waals surface area (Å²) in [6.45, 7) is 3.96. The monoisotopic (exact) mass is 458 g/mol. The molecule has 8 heteroatoms. The van der Waals surface area contributed by atoms with Gasteiger partial charge in [-0.1, -0.05) is 41.4 Å². The number of carbonyl (C=O) groups is 1. The Labute approximate surface area is 197 Å². The molecule has 166 valence electrons. The van der Waals surface area contributed by atoms with Crippen LogP contribution in [0.2, 0.25) is 5.02 Å². The van der Waals surface area contributed by atoms with E-state index in [9.17, 15) is 4.79 Å². The molecule has 4 N–H and O–H groups in total. The Balaban J connectivity index is 1.39. The molecule has 0 saturated heterocycles. The number of nitrogens with one attached hydrogen (secondary N) is 4. The molecule has 7 nitrogen and oxygen atoms in total. The van der Waals surface area contributed by atoms with Gasteiger partial charge < -0.3 is 21.3 Å². The number of nitrogens with zero attached hydrogens (tertiary/aromatic N) is 2. The van der Waals surface area contributed by atoms with Crippen molar-refractivity contribution in [1.29, 1.82) is 0 Å². The van der Waals surface area contributed by atoms with Gasteiger partial charge in [0, 0.05) is 28.8 Å². The SMILES string of the molecule is Cc1ccc(Nc2nc(C)cc(Nc3ccc(NC(=O)Nc4ccccc4Cl)cc3)n2)cc1. The van der Waals surface area contributed by atoms with Gasteiger partial charge in [-0.3, -0.25) is 0 Å². The van der Waals surface area contributed by atoms with Crippen LogP contribution in [0.3, 0.4) is 0 Å². The lowest BCUT2D eigenvalue weighted by Gasteiger charge is -2.12. The summed E-state index contributed by atoms with van der Waals surface area (Å²) in [5.41, 5.74) is 4.95. The molecular formula is C25H23ClN6O. The van der Waals surface area contributed by atoms with Crippen LogP contribution < -0.4 is 21.3 Å². The molecule has 0 bridgehead atoms. The van der Waals surface area contributed by atoms with Crippen LogP contribution in [0, 0.1) is 13.8 Å². The second kappa shape index (κ2) is 10.0. The van der Waals surface area contributed by atoms with Gasteiger partial charge in [-0.25, -0.2) is 9.78 Å². The Hall–Kier alpha value is -4.10. The molecule has 1 aromatic heterocycles. The number of hydrogen-bond acceptors (Lipinski definition) is 5. The van der Waals surface area contributed by atoms with E-state index >= 15 is 0 Å². The summed E-state index contributed by atoms with van der Waals surface area (Å²) in [6, 6.07) is 23.9. The number of carbonyl (C=O) groups excluding carboxylic acids is 1. The number of benzene rings is 3. The Morgan fingerprint density at radius 3 is 2.12 bits per heavy atom. The molecule has 0 fully saturated rings. The van der Waals surface area contributed by atoms with Crippen molar-refractivity contribution in [1.82, 2.24) is 9.97 Å². The number of aromatic nitrogens is 2. The second-order valence-corrected chi connectivity index (χ2v) is 7.88. The van der Waals surface area contributed by atoms with E-state index in [2.05, 4.69) is 31.2 Å². The summed E-state index contributed by atoms with van der Waals surface area (Å²) in [6.07, 6.45) is 0. The van der Waals surface area contributed by atoms with Crippen LogP contribution in [0.5, 0.6) is 0 Å². The van der Waals surface area contributed by atoms with Crippen molar-refractivity contribution in [3.63, 3.8) is 0 Å². The lowest BCUT2D eigenvalue weighted by Crippen LogP contribution is -2.19. The predicted molar refractivity (Wildman–Crippen MR) is 135 cm³/mol. The van der Waals surface area contributed by atoms with Crippen LogP contribution in [0.25, 0.3) is 0 Å². The van der Waals surface area contributed by atoms with Gasteiger partial charge in [0.2, 0.25) is 5.95 Å². The molecule has 0 radical (unpaired) electrons. The van der Waals surface area contributed by atoms with Gasteiger partial charge in [0.05, 0.1) is 10.7 Å². The predicted octanol–water partition coefficient (Wildman–Crippen LogP) is 6.88. The normalized spacial score (nSPS) is 10.4. The molecule has 0 atom stereocenters. The summed E-state index contributed by atoms with van der Waals surface area (Å²) in [5, 5.41) is 12.5. The largest absolute Gasteiger partial charge is 0.340 e. The second-order valence-electron chi connectivity index (χ2n) is 7.47. The van der Waals surface area contributed by atoms with Crippen molar-refractivity contribution in [2.75, 3.05) is 21.3 Å². The van der Waals surface area contributed by atoms with Crippen molar-refractivity contribution in [2.45, 2.75) is 13.8 Å². The highest BCUT2D eigenvalue weighted by Gasteiger charge is 2.07. The van der Waals surface area contributed by atoms with Crippen molar-refractivity contribution >= 4 is 52.1 Å². The molecule has 3 aromatic carbocycles. The van der Waals surface area contributed by atoms with Gasteiger partial charge in [0.15, 0.2) is 0 Å². The molecule has 4 rings (SSSR count). The van der Waals surface area contributed by atoms with Gasteiger partial charge in [0.1, 0.15) is 5.82 Å². The number of hydrogen-bond donors (Lipinski definition) is 4. The van der Waals surface area contributed by atoms with Crippen LogP contribution >= 0.6 is 11.6 Å². The van der Waals surface area contributed by atoms with Gasteiger partial charge in [0.25, 0.3) is 0 Å². The number of urea groups is 1. The zero-order valence-electron chi connectivity index (χ0n) is 18.2. The molecular weight excluding hydrogens is 436 g/mol. The van der Waals surface area contributed by atoms with Crippen LogP contribution in [0.15, 0.2) is 78.9 Å². The highest BCUT2D eigenvalue weighted by atomic mass is 35.5. The molecule has 0 unspecified atom stereocenters. The van der Waals surface area contributed by atoms with E-state index in [1.165, 1.54) is 5.56 Å². The standard InChI is InChI=1S/C25H23ClN6O/c1-16-7-9-19(10-8-16)29-24-27-17(2)15-23(32-24)28-18-11-13-20(14-12-18)30-25(33)31-22-6-4-3-5-21(22)26/h3-15H,1-2H3,(H2,30,31,33)(H2,27,28,29,32). The van der Waals surface area contributed by atoms with Crippen molar-refractivity contribution in [3.05, 3.63) is 95.1 Å². The number of halogens is 1.